The number of nitrogens with one attached hydrogen (secondary N) is 1. The van der Waals surface area contributed by atoms with Crippen LogP contribution < -0.4 is 4.72 Å². The van der Waals surface area contributed by atoms with Gasteiger partial charge >= 0.3 is 0 Å². The molecule has 0 bridgehead atoms. The third kappa shape index (κ3) is 4.27. The Labute approximate surface area is 118 Å². The summed E-state index contributed by atoms with van der Waals surface area (Å²) in [5.41, 5.74) is 0. The van der Waals surface area contributed by atoms with Gasteiger partial charge in [0.05, 0.1) is 0 Å². The maximum atomic E-state index is 12.1. The van der Waals surface area contributed by atoms with Gasteiger partial charge in [0, 0.05) is 24.4 Å². The molecule has 0 atom stereocenters. The molecule has 2 N–H and O–H groups in total. The molecule has 19 heavy (non-hydrogen) atoms. The molecule has 1 aliphatic carbocycles. The molecule has 0 saturated heterocycles. The molecule has 0 aliphatic heterocycles. The molecule has 0 radical (unpaired) electrons. The molecular formula is C13H21NO3S2. The first-order chi connectivity index (χ1) is 9.12. The zero-order valence-corrected chi connectivity index (χ0v) is 12.6. The van der Waals surface area contributed by atoms with Crippen molar-refractivity contribution in [2.45, 2.75) is 42.7 Å². The predicted octanol–water partition coefficient (Wildman–Crippen LogP) is 2.14. The third-order valence-corrected chi connectivity index (χ3v) is 6.61. The first kappa shape index (κ1) is 15.0. The van der Waals surface area contributed by atoms with Gasteiger partial charge in [0.15, 0.2) is 0 Å². The first-order valence-corrected chi connectivity index (χ1v) is 9.11. The Morgan fingerprint density at radius 3 is 2.68 bits per heavy atom. The minimum absolute atomic E-state index is 0.0511. The fourth-order valence-corrected chi connectivity index (χ4v) is 4.94. The molecule has 1 aromatic heterocycles. The smallest absolute Gasteiger partial charge is 0.250 e. The lowest BCUT2D eigenvalue weighted by molar-refractivity contribution is 0.300. The van der Waals surface area contributed by atoms with Gasteiger partial charge in [0.1, 0.15) is 4.21 Å². The van der Waals surface area contributed by atoms with Gasteiger partial charge in [0.2, 0.25) is 10.0 Å². The van der Waals surface area contributed by atoms with Crippen LogP contribution >= 0.6 is 11.3 Å². The Kier molecular flexibility index (Phi) is 5.38. The zero-order chi connectivity index (χ0) is 13.7. The van der Waals surface area contributed by atoms with Crippen LogP contribution in [0.2, 0.25) is 0 Å². The van der Waals surface area contributed by atoms with Gasteiger partial charge < -0.3 is 5.11 Å². The fraction of sp³-hybridized carbons (Fsp3) is 0.692. The fourth-order valence-electron chi connectivity index (χ4n) is 2.44. The van der Waals surface area contributed by atoms with Crippen LogP contribution in [0.25, 0.3) is 0 Å². The molecule has 6 heteroatoms. The van der Waals surface area contributed by atoms with E-state index in [2.05, 4.69) is 4.72 Å². The minimum Gasteiger partial charge on any atom is -0.396 e. The number of aliphatic hydroxyl groups excluding tert-OH is 1. The molecule has 1 aromatic rings. The Morgan fingerprint density at radius 2 is 2.00 bits per heavy atom. The number of sulfonamides is 1. The molecule has 0 unspecified atom stereocenters. The molecule has 1 heterocycles. The van der Waals surface area contributed by atoms with Crippen LogP contribution in [0.1, 0.15) is 37.0 Å². The van der Waals surface area contributed by atoms with Crippen molar-refractivity contribution in [2.75, 3.05) is 13.2 Å². The van der Waals surface area contributed by atoms with Crippen molar-refractivity contribution in [3.63, 3.8) is 0 Å². The average molecular weight is 303 g/mol. The summed E-state index contributed by atoms with van der Waals surface area (Å²) in [4.78, 5) is 0.903. The van der Waals surface area contributed by atoms with E-state index >= 15 is 0 Å². The van der Waals surface area contributed by atoms with Crippen molar-refractivity contribution in [1.29, 1.82) is 0 Å². The van der Waals surface area contributed by atoms with Crippen molar-refractivity contribution in [2.24, 2.45) is 5.92 Å². The molecule has 0 spiro atoms. The van der Waals surface area contributed by atoms with Crippen LogP contribution in [0, 0.1) is 5.92 Å². The summed E-state index contributed by atoms with van der Waals surface area (Å²) in [6, 6.07) is 3.40. The van der Waals surface area contributed by atoms with Gasteiger partial charge in [-0.3, -0.25) is 0 Å². The highest BCUT2D eigenvalue weighted by atomic mass is 32.2. The van der Waals surface area contributed by atoms with Gasteiger partial charge in [0.25, 0.3) is 0 Å². The quantitative estimate of drug-likeness (QED) is 0.846. The van der Waals surface area contributed by atoms with Crippen LogP contribution in [0.5, 0.6) is 0 Å². The predicted molar refractivity (Wildman–Crippen MR) is 76.9 cm³/mol. The Balaban J connectivity index is 1.92. The molecule has 1 fully saturated rings. The number of aliphatic hydroxyl groups is 1. The monoisotopic (exact) mass is 303 g/mol. The normalized spacial score (nSPS) is 17.7. The van der Waals surface area contributed by atoms with E-state index in [0.29, 0.717) is 23.1 Å². The molecular weight excluding hydrogens is 282 g/mol. The van der Waals surface area contributed by atoms with Crippen LogP contribution in [-0.2, 0) is 16.4 Å². The molecule has 1 saturated carbocycles. The molecule has 2 rings (SSSR count). The Hall–Kier alpha value is -0.430. The Bertz CT molecular complexity index is 490. The van der Waals surface area contributed by atoms with Crippen LogP contribution in [0.3, 0.4) is 0 Å². The lowest BCUT2D eigenvalue weighted by atomic mass is 9.90. The second kappa shape index (κ2) is 6.83. The standard InChI is InChI=1S/C13H21NO3S2/c15-9-8-12-6-7-13(18-12)19(16,17)14-10-11-4-2-1-3-5-11/h6-7,11,14-15H,1-5,8-10H2. The maximum Gasteiger partial charge on any atom is 0.250 e. The highest BCUT2D eigenvalue weighted by Crippen LogP contribution is 2.25. The minimum atomic E-state index is -3.37. The van der Waals surface area contributed by atoms with Crippen LogP contribution in [0.15, 0.2) is 16.3 Å². The zero-order valence-electron chi connectivity index (χ0n) is 11.0. The topological polar surface area (TPSA) is 66.4 Å². The number of hydrogen-bond acceptors (Lipinski definition) is 4. The average Bonchev–Trinajstić information content (AvgIpc) is 2.88. The summed E-state index contributed by atoms with van der Waals surface area (Å²) in [5, 5.41) is 8.85. The lowest BCUT2D eigenvalue weighted by Gasteiger charge is -2.21. The summed E-state index contributed by atoms with van der Waals surface area (Å²) in [6.07, 6.45) is 6.48. The van der Waals surface area contributed by atoms with E-state index in [1.807, 2.05) is 0 Å². The summed E-state index contributed by atoms with van der Waals surface area (Å²) in [7, 11) is -3.37. The van der Waals surface area contributed by atoms with Crippen LogP contribution in [-0.4, -0.2) is 26.7 Å². The van der Waals surface area contributed by atoms with Crippen molar-refractivity contribution >= 4 is 21.4 Å². The van der Waals surface area contributed by atoms with Gasteiger partial charge in [-0.2, -0.15) is 0 Å². The molecule has 0 amide bonds. The van der Waals surface area contributed by atoms with Crippen LogP contribution in [0.4, 0.5) is 0 Å². The van der Waals surface area contributed by atoms with E-state index in [0.717, 1.165) is 17.7 Å². The van der Waals surface area contributed by atoms with Gasteiger partial charge in [-0.05, 0) is 30.9 Å². The highest BCUT2D eigenvalue weighted by molar-refractivity contribution is 7.91. The second-order valence-corrected chi connectivity index (χ2v) is 8.21. The van der Waals surface area contributed by atoms with Gasteiger partial charge in [-0.15, -0.1) is 11.3 Å². The van der Waals surface area contributed by atoms with E-state index in [1.54, 1.807) is 12.1 Å². The number of hydrogen-bond donors (Lipinski definition) is 2. The van der Waals surface area contributed by atoms with E-state index in [1.165, 1.54) is 30.6 Å². The number of rotatable bonds is 6. The van der Waals surface area contributed by atoms with Crippen molar-refractivity contribution in [3.8, 4) is 0 Å². The molecule has 108 valence electrons. The van der Waals surface area contributed by atoms with Crippen molar-refractivity contribution in [3.05, 3.63) is 17.0 Å². The lowest BCUT2D eigenvalue weighted by Crippen LogP contribution is -2.29. The maximum absolute atomic E-state index is 12.1. The first-order valence-electron chi connectivity index (χ1n) is 6.81. The SMILES string of the molecule is O=S(=O)(NCC1CCCCC1)c1ccc(CCO)s1. The molecule has 0 aromatic carbocycles. The van der Waals surface area contributed by atoms with Gasteiger partial charge in [-0.1, -0.05) is 19.3 Å². The highest BCUT2D eigenvalue weighted by Gasteiger charge is 2.20. The van der Waals surface area contributed by atoms with E-state index in [-0.39, 0.29) is 6.61 Å². The summed E-state index contributed by atoms with van der Waals surface area (Å²) in [5.74, 6) is 0.486. The van der Waals surface area contributed by atoms with Crippen molar-refractivity contribution < 1.29 is 13.5 Å². The summed E-state index contributed by atoms with van der Waals surface area (Å²) in [6.45, 7) is 0.602. The summed E-state index contributed by atoms with van der Waals surface area (Å²) < 4.78 is 27.3. The molecule has 1 aliphatic rings. The van der Waals surface area contributed by atoms with Gasteiger partial charge in [-0.25, -0.2) is 13.1 Å². The van der Waals surface area contributed by atoms with E-state index in [9.17, 15) is 8.42 Å². The third-order valence-electron chi connectivity index (χ3n) is 3.55. The number of thiophene rings is 1. The Morgan fingerprint density at radius 1 is 1.26 bits per heavy atom. The van der Waals surface area contributed by atoms with E-state index < -0.39 is 10.0 Å². The molecule has 4 nitrogen and oxygen atoms in total. The summed E-state index contributed by atoms with van der Waals surface area (Å²) >= 11 is 1.24. The van der Waals surface area contributed by atoms with E-state index in [4.69, 9.17) is 5.11 Å². The second-order valence-electron chi connectivity index (χ2n) is 5.05. The van der Waals surface area contributed by atoms with Crippen molar-refractivity contribution in [1.82, 2.24) is 4.72 Å². The largest absolute Gasteiger partial charge is 0.396 e.